The summed E-state index contributed by atoms with van der Waals surface area (Å²) in [6.07, 6.45) is 3.01. The van der Waals surface area contributed by atoms with Gasteiger partial charge in [0.05, 0.1) is 19.3 Å². The number of aliphatic hydroxyl groups is 1. The number of hydrogen-bond donors (Lipinski definition) is 1. The molecule has 2 atom stereocenters. The summed E-state index contributed by atoms with van der Waals surface area (Å²) in [5, 5.41) is 11.7. The fourth-order valence-electron chi connectivity index (χ4n) is 4.70. The predicted molar refractivity (Wildman–Crippen MR) is 96.5 cm³/mol. The van der Waals surface area contributed by atoms with Crippen molar-refractivity contribution in [3.63, 3.8) is 0 Å². The fourth-order valence-corrected chi connectivity index (χ4v) is 4.70. The van der Waals surface area contributed by atoms with Crippen LogP contribution in [0.25, 0.3) is 0 Å². The molecule has 0 radical (unpaired) electrons. The van der Waals surface area contributed by atoms with E-state index < -0.39 is 5.60 Å². The monoisotopic (exact) mass is 346 g/mol. The van der Waals surface area contributed by atoms with E-state index in [0.717, 1.165) is 77.4 Å². The van der Waals surface area contributed by atoms with Gasteiger partial charge < -0.3 is 14.6 Å². The van der Waals surface area contributed by atoms with Gasteiger partial charge in [-0.1, -0.05) is 30.3 Å². The number of piperidine rings is 1. The molecule has 0 bridgehead atoms. The van der Waals surface area contributed by atoms with Crippen molar-refractivity contribution < 1.29 is 14.6 Å². The summed E-state index contributed by atoms with van der Waals surface area (Å²) in [7, 11) is 0. The van der Waals surface area contributed by atoms with Crippen molar-refractivity contribution in [2.75, 3.05) is 52.6 Å². The van der Waals surface area contributed by atoms with E-state index in [1.54, 1.807) is 0 Å². The molecule has 1 aromatic carbocycles. The Labute approximate surface area is 150 Å². The maximum atomic E-state index is 11.7. The van der Waals surface area contributed by atoms with Gasteiger partial charge in [-0.3, -0.25) is 9.80 Å². The highest BCUT2D eigenvalue weighted by Crippen LogP contribution is 2.37. The van der Waals surface area contributed by atoms with Crippen molar-refractivity contribution >= 4 is 0 Å². The molecule has 3 saturated heterocycles. The minimum Gasteiger partial charge on any atom is -0.383 e. The molecule has 3 fully saturated rings. The molecule has 0 spiro atoms. The average Bonchev–Trinajstić information content (AvgIpc) is 2.70. The summed E-state index contributed by atoms with van der Waals surface area (Å²) in [6.45, 7) is 6.95. The molecule has 25 heavy (non-hydrogen) atoms. The first-order valence-corrected chi connectivity index (χ1v) is 9.69. The Kier molecular flexibility index (Phi) is 5.39. The van der Waals surface area contributed by atoms with E-state index in [1.807, 2.05) is 18.2 Å². The van der Waals surface area contributed by atoms with E-state index in [1.165, 1.54) is 0 Å². The van der Waals surface area contributed by atoms with Gasteiger partial charge in [-0.15, -0.1) is 0 Å². The second-order valence-corrected chi connectivity index (χ2v) is 7.54. The zero-order chi connectivity index (χ0) is 17.1. The Balaban J connectivity index is 1.58. The molecule has 1 N–H and O–H groups in total. The molecular weight excluding hydrogens is 316 g/mol. The lowest BCUT2D eigenvalue weighted by molar-refractivity contribution is -0.128. The van der Waals surface area contributed by atoms with Crippen LogP contribution < -0.4 is 0 Å². The van der Waals surface area contributed by atoms with Crippen LogP contribution in [0.2, 0.25) is 0 Å². The number of benzene rings is 1. The van der Waals surface area contributed by atoms with Gasteiger partial charge in [0, 0.05) is 45.4 Å². The van der Waals surface area contributed by atoms with Crippen LogP contribution in [0, 0.1) is 0 Å². The van der Waals surface area contributed by atoms with Gasteiger partial charge in [-0.25, -0.2) is 0 Å². The fraction of sp³-hybridized carbons (Fsp3) is 0.700. The molecule has 4 rings (SSSR count). The van der Waals surface area contributed by atoms with Crippen LogP contribution in [0.15, 0.2) is 30.3 Å². The highest BCUT2D eigenvalue weighted by atomic mass is 16.5. The van der Waals surface area contributed by atoms with E-state index in [0.29, 0.717) is 6.04 Å². The summed E-state index contributed by atoms with van der Waals surface area (Å²) in [5.41, 5.74) is 0.276. The molecule has 0 unspecified atom stereocenters. The molecule has 3 heterocycles. The molecule has 0 saturated carbocycles. The standard InChI is InChI=1S/C20H30N2O3/c23-20(17-4-2-1-3-5-17)8-9-22(18-6-12-24-13-7-18)16-19(20)21-10-14-25-15-11-21/h1-5,18-19,23H,6-16H2/t19-,20+/m1/s1. The molecule has 1 aromatic rings. The number of likely N-dealkylation sites (tertiary alicyclic amines) is 1. The van der Waals surface area contributed by atoms with Crippen LogP contribution in [0.4, 0.5) is 0 Å². The Morgan fingerprint density at radius 3 is 2.28 bits per heavy atom. The van der Waals surface area contributed by atoms with Crippen LogP contribution in [-0.4, -0.2) is 79.6 Å². The molecule has 3 aliphatic rings. The highest BCUT2D eigenvalue weighted by molar-refractivity contribution is 5.26. The van der Waals surface area contributed by atoms with Crippen molar-refractivity contribution in [2.24, 2.45) is 0 Å². The molecule has 3 aliphatic heterocycles. The quantitative estimate of drug-likeness (QED) is 0.898. The maximum Gasteiger partial charge on any atom is 0.108 e. The van der Waals surface area contributed by atoms with Crippen molar-refractivity contribution in [3.8, 4) is 0 Å². The minimum absolute atomic E-state index is 0.121. The zero-order valence-electron chi connectivity index (χ0n) is 15.0. The lowest BCUT2D eigenvalue weighted by Gasteiger charge is -2.52. The second-order valence-electron chi connectivity index (χ2n) is 7.54. The Morgan fingerprint density at radius 2 is 1.56 bits per heavy atom. The van der Waals surface area contributed by atoms with E-state index in [-0.39, 0.29) is 6.04 Å². The van der Waals surface area contributed by atoms with Crippen molar-refractivity contribution in [1.29, 1.82) is 0 Å². The first-order chi connectivity index (χ1) is 12.3. The number of hydrogen-bond acceptors (Lipinski definition) is 5. The smallest absolute Gasteiger partial charge is 0.108 e. The van der Waals surface area contributed by atoms with Crippen molar-refractivity contribution in [3.05, 3.63) is 35.9 Å². The van der Waals surface area contributed by atoms with Gasteiger partial charge in [0.25, 0.3) is 0 Å². The summed E-state index contributed by atoms with van der Waals surface area (Å²) in [6, 6.07) is 11.0. The topological polar surface area (TPSA) is 45.2 Å². The average molecular weight is 346 g/mol. The SMILES string of the molecule is O[C@]1(c2ccccc2)CCN(C2CCOCC2)C[C@H]1N1CCOCC1. The molecule has 138 valence electrons. The van der Waals surface area contributed by atoms with Crippen LogP contribution in [-0.2, 0) is 15.1 Å². The lowest BCUT2D eigenvalue weighted by Crippen LogP contribution is -2.64. The second kappa shape index (κ2) is 7.72. The van der Waals surface area contributed by atoms with Crippen LogP contribution >= 0.6 is 0 Å². The van der Waals surface area contributed by atoms with E-state index >= 15 is 0 Å². The van der Waals surface area contributed by atoms with Gasteiger partial charge in [-0.2, -0.15) is 0 Å². The third-order valence-corrected chi connectivity index (χ3v) is 6.21. The van der Waals surface area contributed by atoms with Gasteiger partial charge >= 0.3 is 0 Å². The van der Waals surface area contributed by atoms with Crippen LogP contribution in [0.5, 0.6) is 0 Å². The van der Waals surface area contributed by atoms with Crippen LogP contribution in [0.1, 0.15) is 24.8 Å². The summed E-state index contributed by atoms with van der Waals surface area (Å²) in [5.74, 6) is 0. The van der Waals surface area contributed by atoms with Gasteiger partial charge in [-0.05, 0) is 24.8 Å². The largest absolute Gasteiger partial charge is 0.383 e. The minimum atomic E-state index is -0.778. The number of morpholine rings is 1. The summed E-state index contributed by atoms with van der Waals surface area (Å²) in [4.78, 5) is 5.04. The van der Waals surface area contributed by atoms with Gasteiger partial charge in [0.15, 0.2) is 0 Å². The van der Waals surface area contributed by atoms with Crippen molar-refractivity contribution in [2.45, 2.75) is 36.9 Å². The van der Waals surface area contributed by atoms with E-state index in [9.17, 15) is 5.11 Å². The normalized spacial score (nSPS) is 33.4. The van der Waals surface area contributed by atoms with Crippen molar-refractivity contribution in [1.82, 2.24) is 9.80 Å². The third-order valence-electron chi connectivity index (χ3n) is 6.21. The first-order valence-electron chi connectivity index (χ1n) is 9.69. The molecule has 0 amide bonds. The third kappa shape index (κ3) is 3.62. The highest BCUT2D eigenvalue weighted by Gasteiger charge is 2.47. The summed E-state index contributed by atoms with van der Waals surface area (Å²) >= 11 is 0. The number of rotatable bonds is 3. The number of ether oxygens (including phenoxy) is 2. The Morgan fingerprint density at radius 1 is 0.880 bits per heavy atom. The summed E-state index contributed by atoms with van der Waals surface area (Å²) < 4.78 is 11.1. The van der Waals surface area contributed by atoms with Crippen LogP contribution in [0.3, 0.4) is 0 Å². The van der Waals surface area contributed by atoms with E-state index in [2.05, 4.69) is 21.9 Å². The lowest BCUT2D eigenvalue weighted by atomic mass is 9.78. The van der Waals surface area contributed by atoms with Gasteiger partial charge in [0.2, 0.25) is 0 Å². The van der Waals surface area contributed by atoms with Gasteiger partial charge in [0.1, 0.15) is 5.60 Å². The Hall–Kier alpha value is -0.980. The molecule has 5 heteroatoms. The number of nitrogens with zero attached hydrogens (tertiary/aromatic N) is 2. The zero-order valence-corrected chi connectivity index (χ0v) is 15.0. The Bertz CT molecular complexity index is 543. The molecular formula is C20H30N2O3. The predicted octanol–water partition coefficient (Wildman–Crippen LogP) is 1.46. The van der Waals surface area contributed by atoms with E-state index in [4.69, 9.17) is 9.47 Å². The molecule has 5 nitrogen and oxygen atoms in total. The first kappa shape index (κ1) is 17.4. The molecule has 0 aliphatic carbocycles. The maximum absolute atomic E-state index is 11.7. The molecule has 0 aromatic heterocycles.